The van der Waals surface area contributed by atoms with Gasteiger partial charge in [0, 0.05) is 42.1 Å². The Morgan fingerprint density at radius 3 is 2.97 bits per heavy atom. The first kappa shape index (κ1) is 22.0. The van der Waals surface area contributed by atoms with E-state index in [4.69, 9.17) is 9.84 Å². The average molecular weight is 451 g/mol. The zero-order valence-electron chi connectivity index (χ0n) is 17.8. The normalized spacial score (nSPS) is 13.3. The van der Waals surface area contributed by atoms with Gasteiger partial charge in [0.05, 0.1) is 31.6 Å². The molecule has 0 saturated carbocycles. The Morgan fingerprint density at radius 2 is 2.09 bits per heavy atom. The third-order valence-electron chi connectivity index (χ3n) is 5.62. The summed E-state index contributed by atoms with van der Waals surface area (Å²) in [4.78, 5) is 13.3. The van der Waals surface area contributed by atoms with Crippen LogP contribution in [0.25, 0.3) is 22.3 Å². The zero-order valence-corrected chi connectivity index (χ0v) is 18.8. The molecule has 32 heavy (non-hydrogen) atoms. The van der Waals surface area contributed by atoms with Gasteiger partial charge in [-0.05, 0) is 17.2 Å². The van der Waals surface area contributed by atoms with Crippen molar-refractivity contribution in [3.8, 4) is 17.0 Å². The molecule has 4 aromatic rings. The fourth-order valence-electron chi connectivity index (χ4n) is 3.98. The molecule has 8 nitrogen and oxygen atoms in total. The predicted molar refractivity (Wildman–Crippen MR) is 129 cm³/mol. The van der Waals surface area contributed by atoms with Gasteiger partial charge in [-0.3, -0.25) is 0 Å². The van der Waals surface area contributed by atoms with Crippen LogP contribution in [-0.4, -0.2) is 49.6 Å². The van der Waals surface area contributed by atoms with E-state index >= 15 is 0 Å². The van der Waals surface area contributed by atoms with Gasteiger partial charge in [0.25, 0.3) is 0 Å². The quantitative estimate of drug-likeness (QED) is 0.446. The summed E-state index contributed by atoms with van der Waals surface area (Å²) in [5.41, 5.74) is 4.95. The maximum Gasteiger partial charge on any atom is 0.157 e. The SMILES string of the molecule is C[C@H](CNc1cc(-c2cnc3c(cnn3CCO)c2)ncn1)c1cccc2c1OCC2.S. The minimum absolute atomic E-state index is 0. The molecule has 9 heteroatoms. The lowest BCUT2D eigenvalue weighted by Gasteiger charge is -2.16. The Morgan fingerprint density at radius 1 is 1.19 bits per heavy atom. The molecule has 0 fully saturated rings. The first-order valence-corrected chi connectivity index (χ1v) is 10.5. The molecule has 2 N–H and O–H groups in total. The van der Waals surface area contributed by atoms with Gasteiger partial charge in [-0.15, -0.1) is 0 Å². The Bertz CT molecular complexity index is 1230. The molecule has 0 bridgehead atoms. The maximum atomic E-state index is 9.15. The smallest absolute Gasteiger partial charge is 0.157 e. The van der Waals surface area contributed by atoms with Crippen molar-refractivity contribution >= 4 is 30.3 Å². The molecule has 4 heterocycles. The van der Waals surface area contributed by atoms with Crippen molar-refractivity contribution in [1.29, 1.82) is 0 Å². The second-order valence-corrected chi connectivity index (χ2v) is 7.73. The van der Waals surface area contributed by atoms with Gasteiger partial charge < -0.3 is 15.2 Å². The number of fused-ring (bicyclic) bond motifs is 2. The molecule has 1 aliphatic heterocycles. The van der Waals surface area contributed by atoms with Crippen molar-refractivity contribution in [1.82, 2.24) is 24.7 Å². The van der Waals surface area contributed by atoms with Crippen LogP contribution >= 0.6 is 13.5 Å². The van der Waals surface area contributed by atoms with Gasteiger partial charge in [-0.2, -0.15) is 18.6 Å². The molecule has 0 unspecified atom stereocenters. The summed E-state index contributed by atoms with van der Waals surface area (Å²) in [5.74, 6) is 2.09. The van der Waals surface area contributed by atoms with Crippen molar-refractivity contribution < 1.29 is 9.84 Å². The van der Waals surface area contributed by atoms with Crippen LogP contribution < -0.4 is 10.1 Å². The van der Waals surface area contributed by atoms with E-state index in [1.165, 1.54) is 11.1 Å². The molecular weight excluding hydrogens is 424 g/mol. The van der Waals surface area contributed by atoms with Crippen LogP contribution in [0.3, 0.4) is 0 Å². The van der Waals surface area contributed by atoms with E-state index in [1.807, 2.05) is 12.1 Å². The number of nitrogens with one attached hydrogen (secondary N) is 1. The van der Waals surface area contributed by atoms with E-state index in [0.717, 1.165) is 53.4 Å². The molecule has 0 radical (unpaired) electrons. The van der Waals surface area contributed by atoms with Crippen molar-refractivity contribution in [2.75, 3.05) is 25.1 Å². The Kier molecular flexibility index (Phi) is 6.57. The summed E-state index contributed by atoms with van der Waals surface area (Å²) in [6.07, 6.45) is 6.07. The van der Waals surface area contributed by atoms with Crippen molar-refractivity contribution in [2.45, 2.75) is 25.8 Å². The summed E-state index contributed by atoms with van der Waals surface area (Å²) in [6, 6.07) is 10.3. The number of rotatable bonds is 7. The topological polar surface area (TPSA) is 98.0 Å². The summed E-state index contributed by atoms with van der Waals surface area (Å²) in [5, 5.41) is 17.8. The Balaban J connectivity index is 0.00000245. The highest BCUT2D eigenvalue weighted by molar-refractivity contribution is 7.59. The number of anilines is 1. The molecule has 1 aromatic carbocycles. The molecule has 5 rings (SSSR count). The minimum Gasteiger partial charge on any atom is -0.493 e. The molecule has 166 valence electrons. The molecule has 0 amide bonds. The lowest BCUT2D eigenvalue weighted by molar-refractivity contribution is 0.271. The monoisotopic (exact) mass is 450 g/mol. The highest BCUT2D eigenvalue weighted by atomic mass is 32.1. The Hall–Kier alpha value is -3.17. The fraction of sp³-hybridized carbons (Fsp3) is 0.304. The van der Waals surface area contributed by atoms with Gasteiger partial charge in [-0.1, -0.05) is 25.1 Å². The molecule has 0 aliphatic carbocycles. The van der Waals surface area contributed by atoms with E-state index in [1.54, 1.807) is 23.4 Å². The predicted octanol–water partition coefficient (Wildman–Crippen LogP) is 3.14. The van der Waals surface area contributed by atoms with E-state index in [2.05, 4.69) is 50.5 Å². The van der Waals surface area contributed by atoms with E-state index in [9.17, 15) is 0 Å². The number of pyridine rings is 1. The van der Waals surface area contributed by atoms with Crippen LogP contribution in [0.2, 0.25) is 0 Å². The average Bonchev–Trinajstić information content (AvgIpc) is 3.44. The first-order chi connectivity index (χ1) is 15.2. The Labute approximate surface area is 193 Å². The lowest BCUT2D eigenvalue weighted by Crippen LogP contribution is -2.12. The van der Waals surface area contributed by atoms with Crippen molar-refractivity contribution in [2.24, 2.45) is 0 Å². The van der Waals surface area contributed by atoms with Gasteiger partial charge in [0.15, 0.2) is 5.65 Å². The van der Waals surface area contributed by atoms with Crippen LogP contribution in [-0.2, 0) is 13.0 Å². The number of aromatic nitrogens is 5. The molecule has 1 atom stereocenters. The van der Waals surface area contributed by atoms with E-state index < -0.39 is 0 Å². The van der Waals surface area contributed by atoms with Crippen LogP contribution in [0.15, 0.2) is 49.1 Å². The number of hydrogen-bond donors (Lipinski definition) is 2. The zero-order chi connectivity index (χ0) is 21.2. The second-order valence-electron chi connectivity index (χ2n) is 7.73. The number of nitrogens with zero attached hydrogens (tertiary/aromatic N) is 5. The third-order valence-corrected chi connectivity index (χ3v) is 5.62. The summed E-state index contributed by atoms with van der Waals surface area (Å²) >= 11 is 0. The molecule has 0 spiro atoms. The number of aliphatic hydroxyl groups excluding tert-OH is 1. The second kappa shape index (κ2) is 9.54. The summed E-state index contributed by atoms with van der Waals surface area (Å²) < 4.78 is 7.54. The summed E-state index contributed by atoms with van der Waals surface area (Å²) in [6.45, 7) is 4.14. The number of para-hydroxylation sites is 1. The third kappa shape index (κ3) is 4.26. The molecule has 1 aliphatic rings. The highest BCUT2D eigenvalue weighted by Gasteiger charge is 2.19. The number of aliphatic hydroxyl groups is 1. The first-order valence-electron chi connectivity index (χ1n) is 10.5. The maximum absolute atomic E-state index is 9.15. The van der Waals surface area contributed by atoms with E-state index in [-0.39, 0.29) is 26.0 Å². The lowest BCUT2D eigenvalue weighted by atomic mass is 9.97. The van der Waals surface area contributed by atoms with Crippen molar-refractivity contribution in [3.63, 3.8) is 0 Å². The van der Waals surface area contributed by atoms with Crippen LogP contribution in [0.5, 0.6) is 5.75 Å². The van der Waals surface area contributed by atoms with Crippen molar-refractivity contribution in [3.05, 3.63) is 60.2 Å². The van der Waals surface area contributed by atoms with E-state index in [0.29, 0.717) is 6.54 Å². The fourth-order valence-corrected chi connectivity index (χ4v) is 3.98. The summed E-state index contributed by atoms with van der Waals surface area (Å²) in [7, 11) is 0. The van der Waals surface area contributed by atoms with Crippen LogP contribution in [0, 0.1) is 0 Å². The largest absolute Gasteiger partial charge is 0.493 e. The molecule has 3 aromatic heterocycles. The van der Waals surface area contributed by atoms with Gasteiger partial charge >= 0.3 is 0 Å². The standard InChI is InChI=1S/C23H24N6O2.H2S/c1-15(19-4-2-3-16-5-8-31-22(16)19)11-24-21-10-20(26-14-27-21)17-9-18-13-28-29(6-7-30)23(18)25-12-17;/h2-4,9-10,12-15,30H,5-8,11H2,1H3,(H,24,26,27);1H2/t15-;/m1./s1. The molecular formula is C23H26N6O2S. The van der Waals surface area contributed by atoms with Gasteiger partial charge in [0.2, 0.25) is 0 Å². The number of benzene rings is 1. The van der Waals surface area contributed by atoms with Crippen LogP contribution in [0.1, 0.15) is 24.0 Å². The number of ether oxygens (including phenoxy) is 1. The molecule has 0 saturated heterocycles. The van der Waals surface area contributed by atoms with Crippen LogP contribution in [0.4, 0.5) is 5.82 Å². The number of hydrogen-bond acceptors (Lipinski definition) is 7. The minimum atomic E-state index is 0. The van der Waals surface area contributed by atoms with Gasteiger partial charge in [0.1, 0.15) is 17.9 Å². The van der Waals surface area contributed by atoms with Gasteiger partial charge in [-0.25, -0.2) is 19.6 Å². The highest BCUT2D eigenvalue weighted by Crippen LogP contribution is 2.34.